The SMILES string of the molecule is CC1=CC([Si](C)(C)C)=CC(C)C1C. The Kier molecular flexibility index (Phi) is 2.86. The van der Waals surface area contributed by atoms with E-state index in [9.17, 15) is 0 Å². The van der Waals surface area contributed by atoms with Crippen LogP contribution in [-0.2, 0) is 0 Å². The van der Waals surface area contributed by atoms with Crippen molar-refractivity contribution in [1.82, 2.24) is 0 Å². The summed E-state index contributed by atoms with van der Waals surface area (Å²) in [6.45, 7) is 14.2. The van der Waals surface area contributed by atoms with Crippen molar-refractivity contribution in [3.63, 3.8) is 0 Å². The van der Waals surface area contributed by atoms with E-state index in [1.807, 2.05) is 0 Å². The molecule has 1 aliphatic carbocycles. The largest absolute Gasteiger partial charge is 0.0819 e. The molecule has 0 spiro atoms. The van der Waals surface area contributed by atoms with Gasteiger partial charge in [-0.1, -0.05) is 56.4 Å². The van der Waals surface area contributed by atoms with Gasteiger partial charge in [-0.2, -0.15) is 0 Å². The summed E-state index contributed by atoms with van der Waals surface area (Å²) in [7, 11) is -1.08. The molecule has 13 heavy (non-hydrogen) atoms. The zero-order valence-electron chi connectivity index (χ0n) is 9.81. The van der Waals surface area contributed by atoms with E-state index in [4.69, 9.17) is 0 Å². The molecule has 1 heteroatoms. The molecule has 0 heterocycles. The third-order valence-corrected chi connectivity index (χ3v) is 5.24. The Morgan fingerprint density at radius 1 is 1.15 bits per heavy atom. The van der Waals surface area contributed by atoms with Gasteiger partial charge in [-0.3, -0.25) is 0 Å². The van der Waals surface area contributed by atoms with Gasteiger partial charge in [0.25, 0.3) is 0 Å². The maximum absolute atomic E-state index is 2.49. The zero-order chi connectivity index (χ0) is 10.2. The number of hydrogen-bond donors (Lipinski definition) is 0. The third-order valence-electron chi connectivity index (χ3n) is 3.20. The van der Waals surface area contributed by atoms with Gasteiger partial charge in [-0.05, 0) is 18.8 Å². The highest BCUT2D eigenvalue weighted by Crippen LogP contribution is 2.31. The molecule has 1 aliphatic rings. The van der Waals surface area contributed by atoms with Crippen LogP contribution in [0.4, 0.5) is 0 Å². The number of allylic oxidation sites excluding steroid dienone is 4. The van der Waals surface area contributed by atoms with Crippen molar-refractivity contribution in [2.45, 2.75) is 40.4 Å². The second-order valence-corrected chi connectivity index (χ2v) is 10.5. The minimum atomic E-state index is -1.08. The summed E-state index contributed by atoms with van der Waals surface area (Å²) in [5.41, 5.74) is 1.56. The van der Waals surface area contributed by atoms with Crippen molar-refractivity contribution < 1.29 is 0 Å². The van der Waals surface area contributed by atoms with Crippen LogP contribution in [0.3, 0.4) is 0 Å². The molecule has 0 amide bonds. The lowest BCUT2D eigenvalue weighted by atomic mass is 9.86. The highest BCUT2D eigenvalue weighted by atomic mass is 28.3. The Hall–Kier alpha value is -0.303. The summed E-state index contributed by atoms with van der Waals surface area (Å²) in [6.07, 6.45) is 4.92. The molecular formula is C12H22Si. The highest BCUT2D eigenvalue weighted by Gasteiger charge is 2.24. The van der Waals surface area contributed by atoms with Crippen LogP contribution in [0, 0.1) is 11.8 Å². The van der Waals surface area contributed by atoms with Crippen LogP contribution >= 0.6 is 0 Å². The highest BCUT2D eigenvalue weighted by molar-refractivity contribution is 6.83. The van der Waals surface area contributed by atoms with E-state index in [1.54, 1.807) is 10.8 Å². The Labute approximate surface area is 83.7 Å². The van der Waals surface area contributed by atoms with Crippen molar-refractivity contribution in [2.24, 2.45) is 11.8 Å². The van der Waals surface area contributed by atoms with Gasteiger partial charge in [-0.25, -0.2) is 0 Å². The molecule has 0 saturated carbocycles. The van der Waals surface area contributed by atoms with Gasteiger partial charge in [0.1, 0.15) is 0 Å². The molecule has 0 N–H and O–H groups in total. The normalized spacial score (nSPS) is 29.7. The van der Waals surface area contributed by atoms with Gasteiger partial charge in [0, 0.05) is 0 Å². The van der Waals surface area contributed by atoms with Crippen LogP contribution in [-0.4, -0.2) is 8.07 Å². The van der Waals surface area contributed by atoms with Crippen molar-refractivity contribution in [2.75, 3.05) is 0 Å². The Balaban J connectivity index is 2.98. The standard InChI is InChI=1S/C12H22Si/c1-9-7-12(13(4,5)6)8-10(2)11(9)3/h7-9,11H,1-6H3. The lowest BCUT2D eigenvalue weighted by molar-refractivity contribution is 0.521. The monoisotopic (exact) mass is 194 g/mol. The molecule has 0 aromatic heterocycles. The summed E-state index contributed by atoms with van der Waals surface area (Å²) < 4.78 is 0. The molecule has 2 unspecified atom stereocenters. The topological polar surface area (TPSA) is 0 Å². The summed E-state index contributed by atoms with van der Waals surface area (Å²) in [4.78, 5) is 0. The first kappa shape index (κ1) is 10.8. The molecule has 1 rings (SSSR count). The first-order valence-corrected chi connectivity index (χ1v) is 8.73. The predicted molar refractivity (Wildman–Crippen MR) is 63.5 cm³/mol. The summed E-state index contributed by atoms with van der Waals surface area (Å²) >= 11 is 0. The summed E-state index contributed by atoms with van der Waals surface area (Å²) in [5, 5.41) is 1.63. The minimum Gasteiger partial charge on any atom is -0.0819 e. The molecule has 74 valence electrons. The molecular weight excluding hydrogens is 172 g/mol. The molecule has 2 atom stereocenters. The fourth-order valence-electron chi connectivity index (χ4n) is 1.73. The lowest BCUT2D eigenvalue weighted by Crippen LogP contribution is -2.27. The second-order valence-electron chi connectivity index (χ2n) is 5.41. The molecule has 0 radical (unpaired) electrons. The maximum Gasteiger partial charge on any atom is 0.0771 e. The van der Waals surface area contributed by atoms with Gasteiger partial charge >= 0.3 is 0 Å². The van der Waals surface area contributed by atoms with E-state index in [-0.39, 0.29) is 0 Å². The Morgan fingerprint density at radius 2 is 1.69 bits per heavy atom. The Bertz CT molecular complexity index is 253. The number of hydrogen-bond acceptors (Lipinski definition) is 0. The first-order chi connectivity index (χ1) is 5.82. The minimum absolute atomic E-state index is 0.728. The summed E-state index contributed by atoms with van der Waals surface area (Å²) in [6, 6.07) is 0. The van der Waals surface area contributed by atoms with E-state index in [0.717, 1.165) is 11.8 Å². The first-order valence-electron chi connectivity index (χ1n) is 5.23. The van der Waals surface area contributed by atoms with Crippen molar-refractivity contribution in [3.8, 4) is 0 Å². The van der Waals surface area contributed by atoms with E-state index < -0.39 is 8.07 Å². The van der Waals surface area contributed by atoms with Crippen LogP contribution in [0.15, 0.2) is 22.9 Å². The van der Waals surface area contributed by atoms with Gasteiger partial charge < -0.3 is 0 Å². The Morgan fingerprint density at radius 3 is 2.08 bits per heavy atom. The van der Waals surface area contributed by atoms with Crippen LogP contribution < -0.4 is 0 Å². The maximum atomic E-state index is 2.49. The van der Waals surface area contributed by atoms with E-state index >= 15 is 0 Å². The average molecular weight is 194 g/mol. The molecule has 0 nitrogen and oxygen atoms in total. The molecule has 0 aromatic carbocycles. The molecule has 0 saturated heterocycles. The van der Waals surface area contributed by atoms with Gasteiger partial charge in [0.05, 0.1) is 8.07 Å². The van der Waals surface area contributed by atoms with Crippen molar-refractivity contribution >= 4 is 8.07 Å². The summed E-state index contributed by atoms with van der Waals surface area (Å²) in [5.74, 6) is 1.46. The van der Waals surface area contributed by atoms with Gasteiger partial charge in [-0.15, -0.1) is 0 Å². The predicted octanol–water partition coefficient (Wildman–Crippen LogP) is 4.02. The van der Waals surface area contributed by atoms with E-state index in [2.05, 4.69) is 52.6 Å². The molecule has 0 bridgehead atoms. The zero-order valence-corrected chi connectivity index (χ0v) is 10.8. The van der Waals surface area contributed by atoms with Crippen LogP contribution in [0.2, 0.25) is 19.6 Å². The average Bonchev–Trinajstić information content (AvgIpc) is 1.97. The van der Waals surface area contributed by atoms with Gasteiger partial charge in [0.15, 0.2) is 0 Å². The fourth-order valence-corrected chi connectivity index (χ4v) is 3.16. The molecule has 0 fully saturated rings. The molecule has 0 aromatic rings. The van der Waals surface area contributed by atoms with E-state index in [1.165, 1.54) is 0 Å². The quantitative estimate of drug-likeness (QED) is 0.553. The van der Waals surface area contributed by atoms with Crippen LogP contribution in [0.5, 0.6) is 0 Å². The second kappa shape index (κ2) is 3.45. The van der Waals surface area contributed by atoms with Gasteiger partial charge in [0.2, 0.25) is 0 Å². The number of rotatable bonds is 1. The smallest absolute Gasteiger partial charge is 0.0771 e. The lowest BCUT2D eigenvalue weighted by Gasteiger charge is -2.29. The van der Waals surface area contributed by atoms with Crippen LogP contribution in [0.25, 0.3) is 0 Å². The van der Waals surface area contributed by atoms with E-state index in [0.29, 0.717) is 0 Å². The molecule has 0 aliphatic heterocycles. The fraction of sp³-hybridized carbons (Fsp3) is 0.667. The third kappa shape index (κ3) is 2.34. The van der Waals surface area contributed by atoms with Crippen LogP contribution in [0.1, 0.15) is 20.8 Å². The van der Waals surface area contributed by atoms with Crippen molar-refractivity contribution in [3.05, 3.63) is 22.9 Å². The van der Waals surface area contributed by atoms with Crippen molar-refractivity contribution in [1.29, 1.82) is 0 Å².